The first-order valence-corrected chi connectivity index (χ1v) is 8.85. The predicted molar refractivity (Wildman–Crippen MR) is 89.7 cm³/mol. The zero-order valence-electron chi connectivity index (χ0n) is 14.1. The van der Waals surface area contributed by atoms with Crippen molar-refractivity contribution < 1.29 is 9.26 Å². The van der Waals surface area contributed by atoms with Crippen molar-refractivity contribution in [2.45, 2.75) is 51.0 Å². The molecule has 0 unspecified atom stereocenters. The Morgan fingerprint density at radius 2 is 2.21 bits per heavy atom. The molecule has 1 saturated carbocycles. The van der Waals surface area contributed by atoms with Crippen LogP contribution in [0.2, 0.25) is 0 Å². The van der Waals surface area contributed by atoms with Gasteiger partial charge >= 0.3 is 0 Å². The highest BCUT2D eigenvalue weighted by molar-refractivity contribution is 5.53. The molecule has 0 aromatic carbocycles. The molecule has 0 bridgehead atoms. The number of ether oxygens (including phenoxy) is 1. The zero-order chi connectivity index (χ0) is 16.4. The van der Waals surface area contributed by atoms with Crippen LogP contribution in [-0.2, 0) is 6.42 Å². The third-order valence-corrected chi connectivity index (χ3v) is 5.57. The maximum Gasteiger partial charge on any atom is 0.227 e. The molecule has 4 rings (SSSR count). The summed E-state index contributed by atoms with van der Waals surface area (Å²) in [6.07, 6.45) is 10.2. The monoisotopic (exact) mass is 328 g/mol. The maximum atomic E-state index is 5.57. The Morgan fingerprint density at radius 3 is 3.04 bits per heavy atom. The van der Waals surface area contributed by atoms with E-state index in [0.29, 0.717) is 23.2 Å². The first-order chi connectivity index (χ1) is 11.8. The van der Waals surface area contributed by atoms with Crippen molar-refractivity contribution in [2.75, 3.05) is 13.7 Å². The zero-order valence-corrected chi connectivity index (χ0v) is 14.1. The molecule has 1 saturated heterocycles. The van der Waals surface area contributed by atoms with Crippen molar-refractivity contribution in [3.05, 3.63) is 24.2 Å². The molecule has 1 aliphatic carbocycles. The van der Waals surface area contributed by atoms with Crippen LogP contribution in [0.15, 0.2) is 22.9 Å². The van der Waals surface area contributed by atoms with E-state index in [4.69, 9.17) is 9.26 Å². The van der Waals surface area contributed by atoms with Crippen LogP contribution < -0.4 is 10.1 Å². The number of rotatable bonds is 4. The fourth-order valence-corrected chi connectivity index (χ4v) is 4.32. The van der Waals surface area contributed by atoms with Crippen LogP contribution in [0.1, 0.15) is 44.4 Å². The van der Waals surface area contributed by atoms with Crippen molar-refractivity contribution >= 4 is 0 Å². The lowest BCUT2D eigenvalue weighted by Crippen LogP contribution is -2.52. The summed E-state index contributed by atoms with van der Waals surface area (Å²) in [6, 6.07) is 4.31. The van der Waals surface area contributed by atoms with E-state index in [2.05, 4.69) is 20.4 Å². The molecule has 0 radical (unpaired) electrons. The van der Waals surface area contributed by atoms with Crippen molar-refractivity contribution in [2.24, 2.45) is 5.41 Å². The Morgan fingerprint density at radius 1 is 1.29 bits per heavy atom. The lowest BCUT2D eigenvalue weighted by molar-refractivity contribution is 0.0731. The van der Waals surface area contributed by atoms with E-state index in [-0.39, 0.29) is 0 Å². The van der Waals surface area contributed by atoms with E-state index in [0.717, 1.165) is 24.4 Å². The third-order valence-electron chi connectivity index (χ3n) is 5.57. The maximum absolute atomic E-state index is 5.57. The lowest BCUT2D eigenvalue weighted by Gasteiger charge is -2.47. The van der Waals surface area contributed by atoms with Crippen LogP contribution >= 0.6 is 0 Å². The van der Waals surface area contributed by atoms with E-state index in [9.17, 15) is 0 Å². The van der Waals surface area contributed by atoms with Gasteiger partial charge in [0.25, 0.3) is 0 Å². The topological polar surface area (TPSA) is 73.1 Å². The van der Waals surface area contributed by atoms with E-state index in [1.807, 2.05) is 12.1 Å². The summed E-state index contributed by atoms with van der Waals surface area (Å²) in [7, 11) is 1.60. The second-order valence-electron chi connectivity index (χ2n) is 7.00. The average Bonchev–Trinajstić information content (AvgIpc) is 3.10. The quantitative estimate of drug-likeness (QED) is 0.930. The van der Waals surface area contributed by atoms with Crippen molar-refractivity contribution in [3.63, 3.8) is 0 Å². The smallest absolute Gasteiger partial charge is 0.227 e. The number of hydrogen-bond donors (Lipinski definition) is 1. The second kappa shape index (κ2) is 6.51. The van der Waals surface area contributed by atoms with Gasteiger partial charge in [-0.1, -0.05) is 18.0 Å². The highest BCUT2D eigenvalue weighted by atomic mass is 16.5. The molecule has 1 N–H and O–H groups in total. The van der Waals surface area contributed by atoms with Crippen LogP contribution in [0.5, 0.6) is 5.88 Å². The molecular formula is C18H24N4O2. The summed E-state index contributed by atoms with van der Waals surface area (Å²) in [6.45, 7) is 1.14. The first kappa shape index (κ1) is 15.6. The lowest BCUT2D eigenvalue weighted by atomic mass is 9.64. The minimum atomic E-state index is 0.290. The molecule has 2 fully saturated rings. The second-order valence-corrected chi connectivity index (χ2v) is 7.00. The summed E-state index contributed by atoms with van der Waals surface area (Å²) in [5.41, 5.74) is 1.14. The Bertz CT molecular complexity index is 671. The SMILES string of the molecule is COc1ccc(-c2noc(C[C@]34CCCC[C@@H]3NCCC4)n2)cn1. The Labute approximate surface area is 142 Å². The minimum Gasteiger partial charge on any atom is -0.481 e. The van der Waals surface area contributed by atoms with Gasteiger partial charge in [-0.05, 0) is 43.7 Å². The Kier molecular flexibility index (Phi) is 4.22. The standard InChI is InChI=1S/C18H24N4O2/c1-23-15-7-6-13(12-20-15)17-21-16(24-22-17)11-18-8-3-2-5-14(18)19-10-4-9-18/h6-7,12,14,19H,2-5,8-11H2,1H3/t14-,18+/m0/s1. The summed E-state index contributed by atoms with van der Waals surface area (Å²) in [5, 5.41) is 7.87. The average molecular weight is 328 g/mol. The summed E-state index contributed by atoms with van der Waals surface area (Å²) < 4.78 is 10.7. The highest BCUT2D eigenvalue weighted by Gasteiger charge is 2.43. The number of fused-ring (bicyclic) bond motifs is 1. The Balaban J connectivity index is 1.53. The fraction of sp³-hybridized carbons (Fsp3) is 0.611. The van der Waals surface area contributed by atoms with E-state index in [1.165, 1.54) is 38.5 Å². The number of methoxy groups -OCH3 is 1. The van der Waals surface area contributed by atoms with Gasteiger partial charge < -0.3 is 14.6 Å². The number of nitrogens with one attached hydrogen (secondary N) is 1. The van der Waals surface area contributed by atoms with Gasteiger partial charge in [-0.3, -0.25) is 0 Å². The normalized spacial score (nSPS) is 26.8. The van der Waals surface area contributed by atoms with Gasteiger partial charge in [-0.25, -0.2) is 4.98 Å². The predicted octanol–water partition coefficient (Wildman–Crippen LogP) is 3.00. The summed E-state index contributed by atoms with van der Waals surface area (Å²) >= 11 is 0. The number of piperidine rings is 1. The van der Waals surface area contributed by atoms with E-state index >= 15 is 0 Å². The summed E-state index contributed by atoms with van der Waals surface area (Å²) in [5.74, 6) is 1.93. The van der Waals surface area contributed by atoms with Crippen LogP contribution in [0.3, 0.4) is 0 Å². The van der Waals surface area contributed by atoms with Gasteiger partial charge in [0.1, 0.15) is 0 Å². The molecule has 6 nitrogen and oxygen atoms in total. The largest absolute Gasteiger partial charge is 0.481 e. The molecule has 2 aromatic rings. The molecule has 2 aromatic heterocycles. The highest BCUT2D eigenvalue weighted by Crippen LogP contribution is 2.44. The van der Waals surface area contributed by atoms with Crippen LogP contribution in [0, 0.1) is 5.41 Å². The molecule has 0 spiro atoms. The van der Waals surface area contributed by atoms with Gasteiger partial charge in [0.2, 0.25) is 17.6 Å². The molecule has 2 atom stereocenters. The molecule has 2 aliphatic rings. The fourth-order valence-electron chi connectivity index (χ4n) is 4.32. The minimum absolute atomic E-state index is 0.290. The van der Waals surface area contributed by atoms with Crippen LogP contribution in [0.25, 0.3) is 11.4 Å². The summed E-state index contributed by atoms with van der Waals surface area (Å²) in [4.78, 5) is 8.84. The van der Waals surface area contributed by atoms with Crippen LogP contribution in [0.4, 0.5) is 0 Å². The van der Waals surface area contributed by atoms with Crippen molar-refractivity contribution in [1.29, 1.82) is 0 Å². The molecular weight excluding hydrogens is 304 g/mol. The number of hydrogen-bond acceptors (Lipinski definition) is 6. The number of nitrogens with zero attached hydrogens (tertiary/aromatic N) is 3. The van der Waals surface area contributed by atoms with Gasteiger partial charge in [-0.2, -0.15) is 4.98 Å². The van der Waals surface area contributed by atoms with E-state index in [1.54, 1.807) is 13.3 Å². The van der Waals surface area contributed by atoms with Crippen molar-refractivity contribution in [1.82, 2.24) is 20.4 Å². The molecule has 6 heteroatoms. The number of pyridine rings is 1. The molecule has 1 aliphatic heterocycles. The first-order valence-electron chi connectivity index (χ1n) is 8.85. The van der Waals surface area contributed by atoms with Gasteiger partial charge in [0.05, 0.1) is 7.11 Å². The van der Waals surface area contributed by atoms with Crippen LogP contribution in [-0.4, -0.2) is 34.8 Å². The number of aromatic nitrogens is 3. The van der Waals surface area contributed by atoms with Gasteiger partial charge in [0, 0.05) is 30.3 Å². The molecule has 0 amide bonds. The van der Waals surface area contributed by atoms with Gasteiger partial charge in [-0.15, -0.1) is 0 Å². The van der Waals surface area contributed by atoms with E-state index < -0.39 is 0 Å². The van der Waals surface area contributed by atoms with Gasteiger partial charge in [0.15, 0.2) is 0 Å². The Hall–Kier alpha value is -1.95. The molecule has 3 heterocycles. The molecule has 24 heavy (non-hydrogen) atoms. The third kappa shape index (κ3) is 2.90. The van der Waals surface area contributed by atoms with Crippen molar-refractivity contribution in [3.8, 4) is 17.3 Å². The molecule has 128 valence electrons.